The van der Waals surface area contributed by atoms with Crippen LogP contribution in [0.3, 0.4) is 0 Å². The molecule has 0 saturated carbocycles. The van der Waals surface area contributed by atoms with Crippen molar-refractivity contribution < 1.29 is 40.7 Å². The number of fused-ring (bicyclic) bond motifs is 1. The number of pyridine rings is 1. The van der Waals surface area contributed by atoms with Crippen LogP contribution in [-0.4, -0.2) is 35.4 Å². The second kappa shape index (κ2) is 8.23. The number of halogens is 6. The number of nitrogens with zero attached hydrogens (tertiary/aromatic N) is 1. The molecule has 12 heteroatoms. The van der Waals surface area contributed by atoms with Crippen LogP contribution >= 0.6 is 0 Å². The lowest BCUT2D eigenvalue weighted by Crippen LogP contribution is -2.31. The average Bonchev–Trinajstić information content (AvgIpc) is 2.60. The topological polar surface area (TPSA) is 91.4 Å². The lowest BCUT2D eigenvalue weighted by atomic mass is 10.0. The van der Waals surface area contributed by atoms with Crippen LogP contribution in [0.25, 0.3) is 10.9 Å². The molecule has 1 aromatic heterocycles. The molecule has 2 aromatic rings. The Morgan fingerprint density at radius 1 is 1.10 bits per heavy atom. The van der Waals surface area contributed by atoms with Crippen LogP contribution in [0.15, 0.2) is 29.2 Å². The minimum Gasteiger partial charge on any atom is -0.382 e. The van der Waals surface area contributed by atoms with Crippen molar-refractivity contribution in [1.29, 1.82) is 0 Å². The highest BCUT2D eigenvalue weighted by molar-refractivity contribution is 6.00. The number of nitrogens with two attached hydrogens (primary N) is 1. The zero-order valence-electron chi connectivity index (χ0n) is 14.6. The molecule has 1 aromatic carbocycles. The van der Waals surface area contributed by atoms with Crippen molar-refractivity contribution in [2.45, 2.75) is 31.7 Å². The Morgan fingerprint density at radius 2 is 1.76 bits per heavy atom. The zero-order chi connectivity index (χ0) is 22.0. The molecule has 2 rings (SSSR count). The first-order valence-corrected chi connectivity index (χ1v) is 8.09. The molecule has 0 bridgehead atoms. The predicted molar refractivity (Wildman–Crippen MR) is 88.1 cm³/mol. The second-order valence-corrected chi connectivity index (χ2v) is 6.03. The third-order valence-corrected chi connectivity index (χ3v) is 3.80. The Kier molecular flexibility index (Phi) is 6.36. The summed E-state index contributed by atoms with van der Waals surface area (Å²) in [6.07, 6.45) is -8.98. The molecule has 6 nitrogen and oxygen atoms in total. The van der Waals surface area contributed by atoms with Crippen molar-refractivity contribution >= 4 is 22.8 Å². The number of hydrogen-bond acceptors (Lipinski definition) is 5. The van der Waals surface area contributed by atoms with Gasteiger partial charge in [-0.05, 0) is 37.1 Å². The van der Waals surface area contributed by atoms with Gasteiger partial charge in [-0.2, -0.15) is 26.3 Å². The van der Waals surface area contributed by atoms with Crippen LogP contribution in [0.2, 0.25) is 0 Å². The minimum atomic E-state index is -5.52. The summed E-state index contributed by atoms with van der Waals surface area (Å²) in [7, 11) is 0. The fourth-order valence-electron chi connectivity index (χ4n) is 2.57. The lowest BCUT2D eigenvalue weighted by molar-refractivity contribution is -0.193. The normalized spacial score (nSPS) is 12.2. The van der Waals surface area contributed by atoms with Gasteiger partial charge in [-0.15, -0.1) is 0 Å². The van der Waals surface area contributed by atoms with E-state index < -0.39 is 41.8 Å². The number of ether oxygens (including phenoxy) is 1. The van der Waals surface area contributed by atoms with Crippen molar-refractivity contribution in [2.24, 2.45) is 5.73 Å². The van der Waals surface area contributed by atoms with Gasteiger partial charge in [0, 0.05) is 11.6 Å². The molecule has 0 amide bonds. The zero-order valence-corrected chi connectivity index (χ0v) is 14.6. The Morgan fingerprint density at radius 3 is 2.31 bits per heavy atom. The van der Waals surface area contributed by atoms with E-state index in [1.165, 1.54) is 18.2 Å². The van der Waals surface area contributed by atoms with E-state index in [0.29, 0.717) is 35.7 Å². The summed E-state index contributed by atoms with van der Waals surface area (Å²) in [5.41, 5.74) is 3.42. The molecular weight excluding hydrogens is 410 g/mol. The van der Waals surface area contributed by atoms with Crippen LogP contribution in [0.1, 0.15) is 22.3 Å². The summed E-state index contributed by atoms with van der Waals surface area (Å²) < 4.78 is 79.6. The van der Waals surface area contributed by atoms with Crippen molar-refractivity contribution in [3.05, 3.63) is 45.7 Å². The maximum absolute atomic E-state index is 12.9. The van der Waals surface area contributed by atoms with Crippen LogP contribution in [0.5, 0.6) is 0 Å². The molecule has 0 aliphatic carbocycles. The molecule has 0 aliphatic heterocycles. The van der Waals surface area contributed by atoms with Gasteiger partial charge in [0.2, 0.25) is 5.43 Å². The number of benzene rings is 1. The number of aromatic nitrogens is 1. The van der Waals surface area contributed by atoms with Gasteiger partial charge in [-0.1, -0.05) is 6.07 Å². The fraction of sp³-hybridized carbons (Fsp3) is 0.353. The molecule has 1 heterocycles. The van der Waals surface area contributed by atoms with Crippen LogP contribution in [0.4, 0.5) is 26.3 Å². The Labute approximate surface area is 158 Å². The van der Waals surface area contributed by atoms with Crippen LogP contribution < -0.4 is 11.2 Å². The van der Waals surface area contributed by atoms with Crippen molar-refractivity contribution in [1.82, 2.24) is 4.57 Å². The Bertz CT molecular complexity index is 994. The van der Waals surface area contributed by atoms with Gasteiger partial charge in [0.05, 0.1) is 5.52 Å². The summed E-state index contributed by atoms with van der Waals surface area (Å²) in [6.45, 7) is -1.32. The van der Waals surface area contributed by atoms with Gasteiger partial charge in [0.15, 0.2) is 0 Å². The number of esters is 2. The number of alkyl halides is 6. The molecule has 0 fully saturated rings. The molecule has 0 aliphatic rings. The van der Waals surface area contributed by atoms with Gasteiger partial charge in [0.1, 0.15) is 12.1 Å². The molecule has 158 valence electrons. The smallest absolute Gasteiger partial charge is 0.382 e. The lowest BCUT2D eigenvalue weighted by Gasteiger charge is -2.15. The number of carbonyl (C=O) groups is 2. The van der Waals surface area contributed by atoms with Crippen molar-refractivity contribution in [3.8, 4) is 0 Å². The maximum Gasteiger partial charge on any atom is 0.491 e. The average molecular weight is 424 g/mol. The molecular formula is C17H14F6N2O4. The first-order valence-electron chi connectivity index (χ1n) is 8.09. The first-order chi connectivity index (χ1) is 13.3. The standard InChI is InChI=1S/C17H14F6N2O4/c18-16(19,20)8-25-7-11(14(27)29-15(28)17(21,22)23)13(26)10-6-9(2-1-5-24)3-4-12(10)25/h3-4,6-7H,1-2,5,8,24H2. The third kappa shape index (κ3) is 5.56. The first kappa shape index (κ1) is 22.4. The third-order valence-electron chi connectivity index (χ3n) is 3.80. The SMILES string of the molecule is NCCCc1ccc2c(c1)c(=O)c(C(=O)OC(=O)C(F)(F)F)cn2CC(F)(F)F. The van der Waals surface area contributed by atoms with E-state index in [4.69, 9.17) is 5.73 Å². The van der Waals surface area contributed by atoms with Crippen LogP contribution in [0, 0.1) is 0 Å². The molecule has 0 atom stereocenters. The molecule has 0 radical (unpaired) electrons. The molecule has 2 N–H and O–H groups in total. The monoisotopic (exact) mass is 424 g/mol. The quantitative estimate of drug-likeness (QED) is 0.453. The largest absolute Gasteiger partial charge is 0.491 e. The van der Waals surface area contributed by atoms with Gasteiger partial charge in [-0.3, -0.25) is 4.79 Å². The Balaban J connectivity index is 2.62. The second-order valence-electron chi connectivity index (χ2n) is 6.03. The maximum atomic E-state index is 12.9. The fourth-order valence-corrected chi connectivity index (χ4v) is 2.57. The summed E-state index contributed by atoms with van der Waals surface area (Å²) >= 11 is 0. The highest BCUT2D eigenvalue weighted by atomic mass is 19.4. The molecule has 0 unspecified atom stereocenters. The summed E-state index contributed by atoms with van der Waals surface area (Å²) in [5, 5.41) is -0.335. The van der Waals surface area contributed by atoms with E-state index in [-0.39, 0.29) is 10.9 Å². The highest BCUT2D eigenvalue weighted by Gasteiger charge is 2.43. The van der Waals surface area contributed by atoms with E-state index in [9.17, 15) is 40.7 Å². The van der Waals surface area contributed by atoms with E-state index in [2.05, 4.69) is 4.74 Å². The van der Waals surface area contributed by atoms with E-state index in [0.717, 1.165) is 0 Å². The molecule has 0 saturated heterocycles. The number of carbonyl (C=O) groups excluding carboxylic acids is 2. The van der Waals surface area contributed by atoms with Gasteiger partial charge >= 0.3 is 24.3 Å². The van der Waals surface area contributed by atoms with E-state index in [1.807, 2.05) is 0 Å². The Hall–Kier alpha value is -2.89. The number of hydrogen-bond donors (Lipinski definition) is 1. The highest BCUT2D eigenvalue weighted by Crippen LogP contribution is 2.23. The number of aryl methyl sites for hydroxylation is 1. The van der Waals surface area contributed by atoms with E-state index in [1.54, 1.807) is 0 Å². The minimum absolute atomic E-state index is 0.192. The molecule has 0 spiro atoms. The van der Waals surface area contributed by atoms with Crippen molar-refractivity contribution in [2.75, 3.05) is 6.54 Å². The van der Waals surface area contributed by atoms with Gasteiger partial charge in [0.25, 0.3) is 0 Å². The van der Waals surface area contributed by atoms with Crippen molar-refractivity contribution in [3.63, 3.8) is 0 Å². The predicted octanol–water partition coefficient (Wildman–Crippen LogP) is 2.70. The van der Waals surface area contributed by atoms with Gasteiger partial charge in [-0.25, -0.2) is 9.59 Å². The summed E-state index contributed by atoms with van der Waals surface area (Å²) in [6, 6.07) is 3.92. The van der Waals surface area contributed by atoms with Crippen LogP contribution in [-0.2, 0) is 22.5 Å². The molecule has 29 heavy (non-hydrogen) atoms. The summed E-state index contributed by atoms with van der Waals surface area (Å²) in [4.78, 5) is 35.3. The summed E-state index contributed by atoms with van der Waals surface area (Å²) in [5.74, 6) is -4.89. The number of rotatable bonds is 5. The van der Waals surface area contributed by atoms with E-state index >= 15 is 0 Å². The van der Waals surface area contributed by atoms with Gasteiger partial charge < -0.3 is 15.0 Å².